The summed E-state index contributed by atoms with van der Waals surface area (Å²) in [5.41, 5.74) is 3.07. The van der Waals surface area contributed by atoms with Crippen molar-refractivity contribution >= 4 is 33.3 Å². The summed E-state index contributed by atoms with van der Waals surface area (Å²) in [5.74, 6) is 0.633. The number of rotatable bonds is 8. The number of fused-ring (bicyclic) bond motifs is 2. The van der Waals surface area contributed by atoms with E-state index in [-0.39, 0.29) is 11.5 Å². The van der Waals surface area contributed by atoms with E-state index in [9.17, 15) is 9.59 Å². The second-order valence-electron chi connectivity index (χ2n) is 8.51. The van der Waals surface area contributed by atoms with Gasteiger partial charge in [-0.25, -0.2) is 5.10 Å². The van der Waals surface area contributed by atoms with E-state index in [1.54, 1.807) is 6.07 Å². The first-order chi connectivity index (χ1) is 17.2. The summed E-state index contributed by atoms with van der Waals surface area (Å²) in [7, 11) is 0. The molecule has 0 radical (unpaired) electrons. The molecule has 6 nitrogen and oxygen atoms in total. The highest BCUT2D eigenvalue weighted by molar-refractivity contribution is 5.90. The molecule has 6 heteroatoms. The Labute approximate surface area is 203 Å². The Morgan fingerprint density at radius 1 is 0.771 bits per heavy atom. The molecule has 0 atom stereocenters. The highest BCUT2D eigenvalue weighted by atomic mass is 16.1. The van der Waals surface area contributed by atoms with E-state index >= 15 is 0 Å². The molecule has 1 amide bonds. The Morgan fingerprint density at radius 2 is 1.49 bits per heavy atom. The fourth-order valence-corrected chi connectivity index (χ4v) is 4.20. The topological polar surface area (TPSA) is 86.9 Å². The zero-order valence-corrected chi connectivity index (χ0v) is 19.3. The molecule has 0 spiro atoms. The van der Waals surface area contributed by atoms with E-state index in [1.807, 2.05) is 42.5 Å². The molecule has 0 aliphatic rings. The van der Waals surface area contributed by atoms with Crippen molar-refractivity contribution in [3.8, 4) is 11.1 Å². The van der Waals surface area contributed by atoms with Gasteiger partial charge in [-0.15, -0.1) is 0 Å². The van der Waals surface area contributed by atoms with Gasteiger partial charge in [0.15, 0.2) is 5.82 Å². The third-order valence-corrected chi connectivity index (χ3v) is 6.07. The van der Waals surface area contributed by atoms with Gasteiger partial charge in [0, 0.05) is 18.5 Å². The highest BCUT2D eigenvalue weighted by Crippen LogP contribution is 2.25. The van der Waals surface area contributed by atoms with Gasteiger partial charge in [0.05, 0.1) is 11.8 Å². The number of anilines is 1. The molecule has 5 aromatic rings. The number of benzene rings is 4. The van der Waals surface area contributed by atoms with Gasteiger partial charge in [0.2, 0.25) is 5.91 Å². The molecule has 1 aromatic heterocycles. The summed E-state index contributed by atoms with van der Waals surface area (Å²) in [5, 5.41) is 16.7. The molecule has 5 rings (SSSR count). The predicted octanol–water partition coefficient (Wildman–Crippen LogP) is 4.90. The van der Waals surface area contributed by atoms with Crippen LogP contribution >= 0.6 is 0 Å². The third-order valence-electron chi connectivity index (χ3n) is 6.07. The van der Waals surface area contributed by atoms with E-state index < -0.39 is 0 Å². The number of nitrogens with zero attached hydrogens (tertiary/aromatic N) is 1. The standard InChI is InChI=1S/C29H26N4O2/c34-27(30-16-5-17-31-28-25-8-3-4-9-26(25)29(35)33-32-28)18-20-10-12-22(13-11-20)24-15-14-21-6-1-2-7-23(21)19-24/h1-4,6-15,19H,5,16-18H2,(H,30,34)(H,31,32)(H,33,35). The number of hydrogen-bond acceptors (Lipinski definition) is 4. The lowest BCUT2D eigenvalue weighted by atomic mass is 10.00. The molecule has 0 aliphatic carbocycles. The molecule has 0 unspecified atom stereocenters. The van der Waals surface area contributed by atoms with Crippen molar-refractivity contribution in [2.24, 2.45) is 0 Å². The van der Waals surface area contributed by atoms with E-state index in [1.165, 1.54) is 10.8 Å². The van der Waals surface area contributed by atoms with Crippen LogP contribution in [-0.4, -0.2) is 29.2 Å². The van der Waals surface area contributed by atoms with Gasteiger partial charge in [-0.05, 0) is 46.0 Å². The molecular formula is C29H26N4O2. The molecule has 0 saturated heterocycles. The molecule has 174 valence electrons. The van der Waals surface area contributed by atoms with Crippen molar-refractivity contribution in [2.75, 3.05) is 18.4 Å². The van der Waals surface area contributed by atoms with Gasteiger partial charge in [-0.3, -0.25) is 9.59 Å². The van der Waals surface area contributed by atoms with Crippen molar-refractivity contribution in [3.05, 3.63) is 107 Å². The maximum Gasteiger partial charge on any atom is 0.272 e. The number of H-pyrrole nitrogens is 1. The van der Waals surface area contributed by atoms with Crippen molar-refractivity contribution in [2.45, 2.75) is 12.8 Å². The molecular weight excluding hydrogens is 436 g/mol. The fourth-order valence-electron chi connectivity index (χ4n) is 4.20. The van der Waals surface area contributed by atoms with Gasteiger partial charge in [-0.1, -0.05) is 78.9 Å². The van der Waals surface area contributed by atoms with Gasteiger partial charge in [0.1, 0.15) is 0 Å². The first-order valence-corrected chi connectivity index (χ1v) is 11.7. The highest BCUT2D eigenvalue weighted by Gasteiger charge is 2.07. The Balaban J connectivity index is 1.10. The number of aromatic amines is 1. The molecule has 4 aromatic carbocycles. The summed E-state index contributed by atoms with van der Waals surface area (Å²) in [6, 6.07) is 30.3. The number of nitrogens with one attached hydrogen (secondary N) is 3. The minimum atomic E-state index is -0.205. The van der Waals surface area contributed by atoms with Crippen LogP contribution in [0.4, 0.5) is 5.82 Å². The average Bonchev–Trinajstić information content (AvgIpc) is 2.90. The zero-order valence-electron chi connectivity index (χ0n) is 19.3. The van der Waals surface area contributed by atoms with Crippen molar-refractivity contribution < 1.29 is 4.79 Å². The van der Waals surface area contributed by atoms with Crippen molar-refractivity contribution in [1.82, 2.24) is 15.5 Å². The van der Waals surface area contributed by atoms with Gasteiger partial charge < -0.3 is 10.6 Å². The summed E-state index contributed by atoms with van der Waals surface area (Å²) >= 11 is 0. The molecule has 1 heterocycles. The van der Waals surface area contributed by atoms with E-state index in [0.29, 0.717) is 30.7 Å². The van der Waals surface area contributed by atoms with Gasteiger partial charge in [-0.2, -0.15) is 5.10 Å². The summed E-state index contributed by atoms with van der Waals surface area (Å²) < 4.78 is 0. The second kappa shape index (κ2) is 10.2. The van der Waals surface area contributed by atoms with Crippen LogP contribution in [-0.2, 0) is 11.2 Å². The van der Waals surface area contributed by atoms with Crippen LogP contribution in [0.3, 0.4) is 0 Å². The SMILES string of the molecule is O=C(Cc1ccc(-c2ccc3ccccc3c2)cc1)NCCCNc1n[nH]c(=O)c2ccccc12. The molecule has 35 heavy (non-hydrogen) atoms. The molecule has 0 aliphatic heterocycles. The molecule has 0 bridgehead atoms. The Bertz CT molecular complexity index is 1540. The van der Waals surface area contributed by atoms with Gasteiger partial charge in [0.25, 0.3) is 5.56 Å². The molecule has 0 saturated carbocycles. The minimum Gasteiger partial charge on any atom is -0.368 e. The summed E-state index contributed by atoms with van der Waals surface area (Å²) in [6.45, 7) is 1.19. The average molecular weight is 463 g/mol. The number of hydrogen-bond donors (Lipinski definition) is 3. The van der Waals surface area contributed by atoms with Crippen LogP contribution in [0.5, 0.6) is 0 Å². The quantitative estimate of drug-likeness (QED) is 0.286. The number of carbonyl (C=O) groups excluding carboxylic acids is 1. The van der Waals surface area contributed by atoms with E-state index in [0.717, 1.165) is 28.5 Å². The Morgan fingerprint density at radius 3 is 2.31 bits per heavy atom. The minimum absolute atomic E-state index is 0.00364. The first kappa shape index (κ1) is 22.3. The summed E-state index contributed by atoms with van der Waals surface area (Å²) in [4.78, 5) is 24.3. The number of aromatic nitrogens is 2. The van der Waals surface area contributed by atoms with Crippen LogP contribution in [0.1, 0.15) is 12.0 Å². The third kappa shape index (κ3) is 5.22. The largest absolute Gasteiger partial charge is 0.368 e. The smallest absolute Gasteiger partial charge is 0.272 e. The monoisotopic (exact) mass is 462 g/mol. The fraction of sp³-hybridized carbons (Fsp3) is 0.138. The normalized spacial score (nSPS) is 11.0. The van der Waals surface area contributed by atoms with Crippen LogP contribution in [0.25, 0.3) is 32.7 Å². The first-order valence-electron chi connectivity index (χ1n) is 11.7. The Kier molecular flexibility index (Phi) is 6.52. The van der Waals surface area contributed by atoms with Crippen LogP contribution in [0.2, 0.25) is 0 Å². The Hall–Kier alpha value is -4.45. The van der Waals surface area contributed by atoms with Gasteiger partial charge >= 0.3 is 0 Å². The van der Waals surface area contributed by atoms with E-state index in [2.05, 4.69) is 63.3 Å². The lowest BCUT2D eigenvalue weighted by Crippen LogP contribution is -2.27. The van der Waals surface area contributed by atoms with Crippen molar-refractivity contribution in [3.63, 3.8) is 0 Å². The molecule has 3 N–H and O–H groups in total. The summed E-state index contributed by atoms with van der Waals surface area (Å²) in [6.07, 6.45) is 1.08. The maximum atomic E-state index is 12.4. The number of amides is 1. The van der Waals surface area contributed by atoms with Crippen LogP contribution in [0, 0.1) is 0 Å². The van der Waals surface area contributed by atoms with E-state index in [4.69, 9.17) is 0 Å². The number of carbonyl (C=O) groups is 1. The lowest BCUT2D eigenvalue weighted by Gasteiger charge is -2.09. The lowest BCUT2D eigenvalue weighted by molar-refractivity contribution is -0.120. The van der Waals surface area contributed by atoms with Crippen LogP contribution < -0.4 is 16.2 Å². The second-order valence-corrected chi connectivity index (χ2v) is 8.51. The molecule has 0 fully saturated rings. The van der Waals surface area contributed by atoms with Crippen LogP contribution in [0.15, 0.2) is 95.8 Å². The zero-order chi connectivity index (χ0) is 24.0. The predicted molar refractivity (Wildman–Crippen MR) is 142 cm³/mol. The maximum absolute atomic E-state index is 12.4. The van der Waals surface area contributed by atoms with Crippen molar-refractivity contribution in [1.29, 1.82) is 0 Å².